The molecule has 2 N–H and O–H groups in total. The molecule has 0 saturated heterocycles. The summed E-state index contributed by atoms with van der Waals surface area (Å²) in [5, 5.41) is 7.98. The van der Waals surface area contributed by atoms with Gasteiger partial charge in [-0.3, -0.25) is 9.48 Å². The number of H-pyrrole nitrogens is 1. The lowest BCUT2D eigenvalue weighted by Gasteiger charge is -2.01. The van der Waals surface area contributed by atoms with Crippen molar-refractivity contribution in [2.45, 2.75) is 12.8 Å². The van der Waals surface area contributed by atoms with E-state index in [1.165, 1.54) is 0 Å². The lowest BCUT2D eigenvalue weighted by Crippen LogP contribution is -2.12. The number of fused-ring (bicyclic) bond motifs is 1. The predicted molar refractivity (Wildman–Crippen MR) is 85.0 cm³/mol. The van der Waals surface area contributed by atoms with Crippen LogP contribution in [0.25, 0.3) is 10.9 Å². The van der Waals surface area contributed by atoms with Gasteiger partial charge in [0.25, 0.3) is 0 Å². The highest BCUT2D eigenvalue weighted by molar-refractivity contribution is 5.94. The van der Waals surface area contributed by atoms with E-state index in [9.17, 15) is 4.79 Å². The Balaban J connectivity index is 1.63. The maximum Gasteiger partial charge on any atom is 0.225 e. The Hall–Kier alpha value is -2.76. The molecule has 0 radical (unpaired) electrons. The Morgan fingerprint density at radius 3 is 3.00 bits per heavy atom. The summed E-state index contributed by atoms with van der Waals surface area (Å²) < 4.78 is 6.93. The maximum absolute atomic E-state index is 12.0. The zero-order valence-corrected chi connectivity index (χ0v) is 12.6. The minimum atomic E-state index is -0.0256. The molecule has 0 spiro atoms. The molecule has 0 saturated carbocycles. The summed E-state index contributed by atoms with van der Waals surface area (Å²) >= 11 is 0. The lowest BCUT2D eigenvalue weighted by molar-refractivity contribution is -0.116. The normalized spacial score (nSPS) is 10.8. The molecular weight excluding hydrogens is 280 g/mol. The van der Waals surface area contributed by atoms with Crippen molar-refractivity contribution in [2.24, 2.45) is 7.05 Å². The van der Waals surface area contributed by atoms with E-state index in [1.807, 2.05) is 37.5 Å². The van der Waals surface area contributed by atoms with Crippen LogP contribution in [0.3, 0.4) is 0 Å². The van der Waals surface area contributed by atoms with Gasteiger partial charge in [0.1, 0.15) is 11.6 Å². The van der Waals surface area contributed by atoms with Gasteiger partial charge in [0, 0.05) is 30.6 Å². The van der Waals surface area contributed by atoms with Crippen LogP contribution in [0.5, 0.6) is 5.75 Å². The number of ether oxygens (including phenoxy) is 1. The van der Waals surface area contributed by atoms with E-state index < -0.39 is 0 Å². The van der Waals surface area contributed by atoms with Gasteiger partial charge < -0.3 is 15.0 Å². The topological polar surface area (TPSA) is 71.9 Å². The first-order valence-corrected chi connectivity index (χ1v) is 7.08. The van der Waals surface area contributed by atoms with Gasteiger partial charge in [0.05, 0.1) is 13.3 Å². The third kappa shape index (κ3) is 3.11. The van der Waals surface area contributed by atoms with Crippen LogP contribution in [0.1, 0.15) is 12.0 Å². The number of rotatable bonds is 5. The van der Waals surface area contributed by atoms with Gasteiger partial charge in [-0.25, -0.2) is 0 Å². The third-order valence-electron chi connectivity index (χ3n) is 3.50. The number of nitrogens with zero attached hydrogens (tertiary/aromatic N) is 2. The second-order valence-corrected chi connectivity index (χ2v) is 5.21. The van der Waals surface area contributed by atoms with Crippen molar-refractivity contribution in [2.75, 3.05) is 12.4 Å². The molecule has 2 heterocycles. The number of methoxy groups -OCH3 is 1. The molecule has 0 atom stereocenters. The van der Waals surface area contributed by atoms with Crippen molar-refractivity contribution >= 4 is 22.6 Å². The number of amides is 1. The first-order valence-electron chi connectivity index (χ1n) is 7.08. The molecule has 0 fully saturated rings. The van der Waals surface area contributed by atoms with Crippen molar-refractivity contribution in [1.29, 1.82) is 0 Å². The first kappa shape index (κ1) is 14.2. The third-order valence-corrected chi connectivity index (χ3v) is 3.50. The average Bonchev–Trinajstić information content (AvgIpc) is 3.09. The van der Waals surface area contributed by atoms with Gasteiger partial charge in [0.2, 0.25) is 5.91 Å². The maximum atomic E-state index is 12.0. The molecule has 6 nitrogen and oxygen atoms in total. The van der Waals surface area contributed by atoms with Crippen molar-refractivity contribution < 1.29 is 9.53 Å². The summed E-state index contributed by atoms with van der Waals surface area (Å²) in [6.45, 7) is 0. The smallest absolute Gasteiger partial charge is 0.225 e. The van der Waals surface area contributed by atoms with Gasteiger partial charge >= 0.3 is 0 Å². The molecule has 3 rings (SSSR count). The van der Waals surface area contributed by atoms with E-state index in [0.29, 0.717) is 18.7 Å². The minimum Gasteiger partial charge on any atom is -0.497 e. The molecule has 22 heavy (non-hydrogen) atoms. The quantitative estimate of drug-likeness (QED) is 0.760. The van der Waals surface area contributed by atoms with E-state index in [-0.39, 0.29) is 5.91 Å². The molecule has 0 aliphatic carbocycles. The number of aryl methyl sites for hydroxylation is 2. The summed E-state index contributed by atoms with van der Waals surface area (Å²) in [5.41, 5.74) is 2.02. The molecule has 1 amide bonds. The molecule has 0 aliphatic rings. The van der Waals surface area contributed by atoms with Crippen LogP contribution >= 0.6 is 0 Å². The fourth-order valence-corrected chi connectivity index (χ4v) is 2.38. The Bertz CT molecular complexity index is 803. The summed E-state index contributed by atoms with van der Waals surface area (Å²) in [6.07, 6.45) is 4.79. The van der Waals surface area contributed by atoms with E-state index in [1.54, 1.807) is 18.0 Å². The molecule has 0 unspecified atom stereocenters. The standard InChI is InChI=1S/C16H18N4O2/c1-20-10-11(9-17-20)3-6-16(21)19-15-8-12-7-13(22-2)4-5-14(12)18-15/h4-5,7-10,18H,3,6H2,1-2H3,(H,19,21). The molecule has 114 valence electrons. The Morgan fingerprint density at radius 1 is 1.41 bits per heavy atom. The Morgan fingerprint density at radius 2 is 2.27 bits per heavy atom. The molecule has 3 aromatic rings. The number of hydrogen-bond acceptors (Lipinski definition) is 3. The van der Waals surface area contributed by atoms with Crippen LogP contribution in [-0.4, -0.2) is 27.8 Å². The highest BCUT2D eigenvalue weighted by atomic mass is 16.5. The highest BCUT2D eigenvalue weighted by Crippen LogP contribution is 2.23. The van der Waals surface area contributed by atoms with E-state index >= 15 is 0 Å². The van der Waals surface area contributed by atoms with Crippen LogP contribution < -0.4 is 10.1 Å². The number of nitrogens with one attached hydrogen (secondary N) is 2. The number of hydrogen-bond donors (Lipinski definition) is 2. The monoisotopic (exact) mass is 298 g/mol. The zero-order valence-electron chi connectivity index (χ0n) is 12.6. The first-order chi connectivity index (χ1) is 10.6. The largest absolute Gasteiger partial charge is 0.497 e. The molecule has 2 aromatic heterocycles. The summed E-state index contributed by atoms with van der Waals surface area (Å²) in [7, 11) is 3.50. The Kier molecular flexibility index (Phi) is 3.82. The van der Waals surface area contributed by atoms with E-state index in [0.717, 1.165) is 22.2 Å². The van der Waals surface area contributed by atoms with Crippen LogP contribution in [0, 0.1) is 0 Å². The zero-order chi connectivity index (χ0) is 15.5. The second kappa shape index (κ2) is 5.93. The molecule has 6 heteroatoms. The van der Waals surface area contributed by atoms with E-state index in [2.05, 4.69) is 15.4 Å². The summed E-state index contributed by atoms with van der Waals surface area (Å²) in [4.78, 5) is 15.2. The number of carbonyl (C=O) groups excluding carboxylic acids is 1. The van der Waals surface area contributed by atoms with Gasteiger partial charge in [0.15, 0.2) is 0 Å². The molecule has 1 aromatic carbocycles. The van der Waals surface area contributed by atoms with Crippen molar-refractivity contribution in [1.82, 2.24) is 14.8 Å². The average molecular weight is 298 g/mol. The van der Waals surface area contributed by atoms with Crippen molar-refractivity contribution in [3.63, 3.8) is 0 Å². The highest BCUT2D eigenvalue weighted by Gasteiger charge is 2.07. The lowest BCUT2D eigenvalue weighted by atomic mass is 10.2. The van der Waals surface area contributed by atoms with Gasteiger partial charge in [-0.05, 0) is 36.2 Å². The SMILES string of the molecule is COc1ccc2[nH]c(NC(=O)CCc3cnn(C)c3)cc2c1. The van der Waals surface area contributed by atoms with Crippen LogP contribution in [0.4, 0.5) is 5.82 Å². The Labute approximate surface area is 128 Å². The van der Waals surface area contributed by atoms with Crippen LogP contribution in [-0.2, 0) is 18.3 Å². The number of benzene rings is 1. The molecule has 0 bridgehead atoms. The van der Waals surface area contributed by atoms with Crippen LogP contribution in [0.2, 0.25) is 0 Å². The fourth-order valence-electron chi connectivity index (χ4n) is 2.38. The number of aromatic amines is 1. The van der Waals surface area contributed by atoms with Crippen molar-refractivity contribution in [3.05, 3.63) is 42.2 Å². The van der Waals surface area contributed by atoms with Gasteiger partial charge in [-0.1, -0.05) is 0 Å². The van der Waals surface area contributed by atoms with Gasteiger partial charge in [-0.2, -0.15) is 5.10 Å². The summed E-state index contributed by atoms with van der Waals surface area (Å²) in [5.74, 6) is 1.46. The second-order valence-electron chi connectivity index (χ2n) is 5.21. The molecule has 0 aliphatic heterocycles. The van der Waals surface area contributed by atoms with E-state index in [4.69, 9.17) is 4.74 Å². The predicted octanol–water partition coefficient (Wildman–Crippen LogP) is 2.48. The van der Waals surface area contributed by atoms with Crippen LogP contribution in [0.15, 0.2) is 36.7 Å². The minimum absolute atomic E-state index is 0.0256. The van der Waals surface area contributed by atoms with Crippen molar-refractivity contribution in [3.8, 4) is 5.75 Å². The van der Waals surface area contributed by atoms with Gasteiger partial charge in [-0.15, -0.1) is 0 Å². The number of aromatic nitrogens is 3. The molecular formula is C16H18N4O2. The number of carbonyl (C=O) groups is 1. The number of anilines is 1. The fraction of sp³-hybridized carbons (Fsp3) is 0.250. The summed E-state index contributed by atoms with van der Waals surface area (Å²) in [6, 6.07) is 7.64.